The van der Waals surface area contributed by atoms with Crippen LogP contribution >= 0.6 is 0 Å². The number of aromatic amines is 2. The molecule has 0 spiro atoms. The molecule has 11 heteroatoms. The van der Waals surface area contributed by atoms with Crippen LogP contribution in [0.2, 0.25) is 0 Å². The first-order valence-electron chi connectivity index (χ1n) is 10.7. The zero-order valence-corrected chi connectivity index (χ0v) is 18.1. The maximum Gasteiger partial charge on any atom is 0.411 e. The molecule has 178 valence electrons. The number of amides is 1. The molecule has 0 saturated carbocycles. The number of halogens is 2. The fourth-order valence-electron chi connectivity index (χ4n) is 4.18. The van der Waals surface area contributed by atoms with Gasteiger partial charge in [0.1, 0.15) is 5.75 Å². The van der Waals surface area contributed by atoms with E-state index in [1.165, 1.54) is 6.07 Å². The highest BCUT2D eigenvalue weighted by Gasteiger charge is 2.15. The van der Waals surface area contributed by atoms with Crippen LogP contribution in [-0.2, 0) is 6.42 Å². The molecule has 5 rings (SSSR count). The number of H-pyrrole nitrogens is 2. The second kappa shape index (κ2) is 9.01. The van der Waals surface area contributed by atoms with Crippen molar-refractivity contribution in [3.63, 3.8) is 0 Å². The number of rotatable bonds is 6. The highest BCUT2D eigenvalue weighted by Crippen LogP contribution is 2.34. The smallest absolute Gasteiger partial charge is 0.411 e. The maximum atomic E-state index is 13.1. The van der Waals surface area contributed by atoms with Gasteiger partial charge in [0.05, 0.1) is 16.7 Å². The van der Waals surface area contributed by atoms with E-state index in [0.29, 0.717) is 39.5 Å². The van der Waals surface area contributed by atoms with Gasteiger partial charge in [-0.15, -0.1) is 0 Å². The minimum absolute atomic E-state index is 0.0112. The number of nitrogens with zero attached hydrogens (tertiary/aromatic N) is 2. The van der Waals surface area contributed by atoms with Gasteiger partial charge < -0.3 is 14.8 Å². The SMILES string of the molecule is O=C(O)Nc1nc2ccc(-c3cc(Cc4n[nH]c(=O)c5c4=CCCC=5)ccc3OC(F)F)cc2[nH]1. The molecular weight excluding hydrogens is 460 g/mol. The molecule has 9 nitrogen and oxygen atoms in total. The average molecular weight is 479 g/mol. The third-order valence-corrected chi connectivity index (χ3v) is 5.65. The molecule has 2 aromatic heterocycles. The van der Waals surface area contributed by atoms with Gasteiger partial charge >= 0.3 is 12.7 Å². The molecule has 35 heavy (non-hydrogen) atoms. The summed E-state index contributed by atoms with van der Waals surface area (Å²) in [5.74, 6) is 0.0345. The van der Waals surface area contributed by atoms with Crippen LogP contribution in [-0.4, -0.2) is 38.0 Å². The number of alkyl halides is 2. The minimum atomic E-state index is -3.01. The van der Waals surface area contributed by atoms with Crippen molar-refractivity contribution in [1.82, 2.24) is 20.2 Å². The zero-order chi connectivity index (χ0) is 24.5. The van der Waals surface area contributed by atoms with Crippen molar-refractivity contribution in [3.8, 4) is 16.9 Å². The van der Waals surface area contributed by atoms with Crippen LogP contribution in [0, 0.1) is 0 Å². The minimum Gasteiger partial charge on any atom is -0.465 e. The first kappa shape index (κ1) is 22.3. The van der Waals surface area contributed by atoms with E-state index in [-0.39, 0.29) is 17.3 Å². The molecule has 1 aliphatic rings. The Balaban J connectivity index is 1.57. The van der Waals surface area contributed by atoms with E-state index >= 15 is 0 Å². The molecule has 4 aromatic rings. The number of nitrogens with one attached hydrogen (secondary N) is 3. The average Bonchev–Trinajstić information content (AvgIpc) is 3.22. The van der Waals surface area contributed by atoms with Crippen molar-refractivity contribution in [1.29, 1.82) is 0 Å². The lowest BCUT2D eigenvalue weighted by Gasteiger charge is -2.13. The van der Waals surface area contributed by atoms with Crippen LogP contribution in [0.25, 0.3) is 34.3 Å². The molecule has 0 fully saturated rings. The van der Waals surface area contributed by atoms with Crippen LogP contribution in [0.3, 0.4) is 0 Å². The quantitative estimate of drug-likeness (QED) is 0.336. The van der Waals surface area contributed by atoms with E-state index in [2.05, 4.69) is 25.5 Å². The number of hydrogen-bond donors (Lipinski definition) is 4. The lowest BCUT2D eigenvalue weighted by Crippen LogP contribution is -2.45. The van der Waals surface area contributed by atoms with E-state index < -0.39 is 12.7 Å². The highest BCUT2D eigenvalue weighted by molar-refractivity contribution is 5.88. The second-order valence-electron chi connectivity index (χ2n) is 7.95. The summed E-state index contributed by atoms with van der Waals surface area (Å²) in [6.07, 6.45) is 4.56. The lowest BCUT2D eigenvalue weighted by atomic mass is 9.98. The van der Waals surface area contributed by atoms with Crippen molar-refractivity contribution < 1.29 is 23.4 Å². The van der Waals surface area contributed by atoms with Gasteiger partial charge in [-0.3, -0.25) is 10.1 Å². The predicted molar refractivity (Wildman–Crippen MR) is 125 cm³/mol. The van der Waals surface area contributed by atoms with Crippen molar-refractivity contribution in [2.24, 2.45) is 0 Å². The highest BCUT2D eigenvalue weighted by atomic mass is 19.3. The number of anilines is 1. The van der Waals surface area contributed by atoms with E-state index in [1.54, 1.807) is 30.3 Å². The number of carbonyl (C=O) groups is 1. The number of carboxylic acid groups (broad SMARTS) is 1. The van der Waals surface area contributed by atoms with Crippen molar-refractivity contribution in [3.05, 3.63) is 68.4 Å². The first-order valence-corrected chi connectivity index (χ1v) is 10.7. The van der Waals surface area contributed by atoms with Gasteiger partial charge in [-0.2, -0.15) is 13.9 Å². The Morgan fingerprint density at radius 2 is 1.94 bits per heavy atom. The lowest BCUT2D eigenvalue weighted by molar-refractivity contribution is -0.0494. The van der Waals surface area contributed by atoms with Gasteiger partial charge in [0.2, 0.25) is 5.95 Å². The van der Waals surface area contributed by atoms with E-state index in [4.69, 9.17) is 9.84 Å². The first-order chi connectivity index (χ1) is 16.9. The molecule has 0 bridgehead atoms. The van der Waals surface area contributed by atoms with E-state index in [0.717, 1.165) is 23.6 Å². The summed E-state index contributed by atoms with van der Waals surface area (Å²) in [7, 11) is 0. The summed E-state index contributed by atoms with van der Waals surface area (Å²) >= 11 is 0. The monoisotopic (exact) mass is 479 g/mol. The zero-order valence-electron chi connectivity index (χ0n) is 18.1. The van der Waals surface area contributed by atoms with Gasteiger partial charge in [-0.1, -0.05) is 24.3 Å². The Hall–Kier alpha value is -4.54. The molecule has 0 atom stereocenters. The largest absolute Gasteiger partial charge is 0.465 e. The van der Waals surface area contributed by atoms with E-state index in [1.807, 2.05) is 12.2 Å². The fourth-order valence-corrected chi connectivity index (χ4v) is 4.18. The summed E-state index contributed by atoms with van der Waals surface area (Å²) in [6, 6.07) is 9.90. The summed E-state index contributed by atoms with van der Waals surface area (Å²) in [5.41, 5.74) is 3.21. The second-order valence-corrected chi connectivity index (χ2v) is 7.95. The van der Waals surface area contributed by atoms with Gasteiger partial charge in [0, 0.05) is 22.4 Å². The van der Waals surface area contributed by atoms with Crippen LogP contribution in [0.4, 0.5) is 19.5 Å². The van der Waals surface area contributed by atoms with Gasteiger partial charge in [-0.25, -0.2) is 14.9 Å². The molecule has 0 unspecified atom stereocenters. The Morgan fingerprint density at radius 1 is 1.14 bits per heavy atom. The fraction of sp³-hybridized carbons (Fsp3) is 0.167. The van der Waals surface area contributed by atoms with Crippen molar-refractivity contribution >= 4 is 35.2 Å². The van der Waals surface area contributed by atoms with Crippen molar-refractivity contribution in [2.75, 3.05) is 5.32 Å². The van der Waals surface area contributed by atoms with Gasteiger partial charge in [-0.05, 0) is 48.2 Å². The molecule has 4 N–H and O–H groups in total. The van der Waals surface area contributed by atoms with Crippen LogP contribution in [0.1, 0.15) is 24.1 Å². The third kappa shape index (κ3) is 4.60. The summed E-state index contributed by atoms with van der Waals surface area (Å²) in [6.45, 7) is -3.01. The topological polar surface area (TPSA) is 133 Å². The third-order valence-electron chi connectivity index (χ3n) is 5.65. The van der Waals surface area contributed by atoms with Crippen molar-refractivity contribution in [2.45, 2.75) is 25.9 Å². The molecule has 1 aliphatic carbocycles. The summed E-state index contributed by atoms with van der Waals surface area (Å²) in [4.78, 5) is 30.0. The Bertz CT molecular complexity index is 1630. The normalized spacial score (nSPS) is 12.7. The maximum absolute atomic E-state index is 13.1. The number of fused-ring (bicyclic) bond motifs is 2. The molecule has 1 amide bonds. The Labute approximate surface area is 195 Å². The Kier molecular flexibility index (Phi) is 5.73. The van der Waals surface area contributed by atoms with E-state index in [9.17, 15) is 18.4 Å². The predicted octanol–water partition coefficient (Wildman–Crippen LogP) is 2.95. The number of aromatic nitrogens is 4. The number of hydrogen-bond acceptors (Lipinski definition) is 5. The number of ether oxygens (including phenoxy) is 1. The molecule has 2 aromatic carbocycles. The van der Waals surface area contributed by atoms with Gasteiger partial charge in [0.15, 0.2) is 0 Å². The number of benzene rings is 2. The molecule has 0 radical (unpaired) electrons. The molecule has 0 saturated heterocycles. The summed E-state index contributed by atoms with van der Waals surface area (Å²) < 4.78 is 31.0. The van der Waals surface area contributed by atoms with Crippen LogP contribution < -0.4 is 26.1 Å². The Morgan fingerprint density at radius 3 is 2.71 bits per heavy atom. The molecular formula is C24H19F2N5O4. The summed E-state index contributed by atoms with van der Waals surface area (Å²) in [5, 5.41) is 19.2. The van der Waals surface area contributed by atoms with Gasteiger partial charge in [0.25, 0.3) is 5.56 Å². The van der Waals surface area contributed by atoms with Crippen LogP contribution in [0.5, 0.6) is 5.75 Å². The van der Waals surface area contributed by atoms with Crippen LogP contribution in [0.15, 0.2) is 41.2 Å². The number of imidazole rings is 1. The molecule has 0 aliphatic heterocycles. The standard InChI is InChI=1S/C24H19F2N5O4/c25-22(26)35-20-8-5-12(10-18-14-3-1-2-4-15(14)21(32)31-30-18)9-16(20)13-6-7-17-19(11-13)28-23(27-17)29-24(33)34/h3-9,11,22H,1-2,10H2,(H,31,32)(H,33,34)(H2,27,28,29). The molecule has 2 heterocycles.